The van der Waals surface area contributed by atoms with E-state index in [0.717, 1.165) is 43.4 Å². The number of nitrogens with one attached hydrogen (secondary N) is 1. The van der Waals surface area contributed by atoms with Crippen molar-refractivity contribution in [2.75, 3.05) is 0 Å². The van der Waals surface area contributed by atoms with E-state index in [2.05, 4.69) is 21.5 Å². The molecule has 23 heavy (non-hydrogen) atoms. The fraction of sp³-hybridized carbons (Fsp3) is 0.412. The number of benzene rings is 1. The van der Waals surface area contributed by atoms with Gasteiger partial charge in [0.15, 0.2) is 0 Å². The van der Waals surface area contributed by atoms with Gasteiger partial charge >= 0.3 is 0 Å². The second-order valence-corrected chi connectivity index (χ2v) is 6.05. The monoisotopic (exact) mass is 309 g/mol. The molecule has 1 N–H and O–H groups in total. The highest BCUT2D eigenvalue weighted by Crippen LogP contribution is 2.28. The van der Waals surface area contributed by atoms with Gasteiger partial charge in [0.05, 0.1) is 11.8 Å². The van der Waals surface area contributed by atoms with Crippen molar-refractivity contribution < 1.29 is 4.79 Å². The Hall–Kier alpha value is -2.68. The van der Waals surface area contributed by atoms with Crippen LogP contribution in [0.5, 0.6) is 0 Å². The molecule has 1 aliphatic rings. The van der Waals surface area contributed by atoms with Crippen LogP contribution in [0.1, 0.15) is 48.0 Å². The molecule has 1 aromatic carbocycles. The Kier molecular flexibility index (Phi) is 4.11. The number of carbonyl (C=O) groups is 1. The van der Waals surface area contributed by atoms with E-state index in [0.29, 0.717) is 5.56 Å². The summed E-state index contributed by atoms with van der Waals surface area (Å²) in [5.74, 6) is -0.193. The smallest absolute Gasteiger partial charge is 0.252 e. The number of aryl methyl sites for hydroxylation is 1. The van der Waals surface area contributed by atoms with Crippen LogP contribution >= 0.6 is 0 Å². The van der Waals surface area contributed by atoms with Crippen LogP contribution in [-0.2, 0) is 0 Å². The average Bonchev–Trinajstić information content (AvgIpc) is 3.09. The van der Waals surface area contributed by atoms with Crippen LogP contribution in [0.25, 0.3) is 5.69 Å². The number of rotatable bonds is 3. The maximum atomic E-state index is 12.5. The van der Waals surface area contributed by atoms with Gasteiger partial charge in [0.1, 0.15) is 18.2 Å². The van der Waals surface area contributed by atoms with Crippen LogP contribution in [0.4, 0.5) is 0 Å². The van der Waals surface area contributed by atoms with E-state index < -0.39 is 5.54 Å². The summed E-state index contributed by atoms with van der Waals surface area (Å²) in [6, 6.07) is 7.74. The lowest BCUT2D eigenvalue weighted by atomic mass is 9.82. The van der Waals surface area contributed by atoms with Gasteiger partial charge in [-0.1, -0.05) is 19.3 Å². The minimum Gasteiger partial charge on any atom is -0.334 e. The molecule has 1 saturated carbocycles. The molecule has 6 heteroatoms. The van der Waals surface area contributed by atoms with E-state index >= 15 is 0 Å². The number of carbonyl (C=O) groups excluding carboxylic acids is 1. The number of hydrogen-bond acceptors (Lipinski definition) is 4. The van der Waals surface area contributed by atoms with Crippen LogP contribution in [0.3, 0.4) is 0 Å². The Morgan fingerprint density at radius 2 is 2.13 bits per heavy atom. The molecule has 0 atom stereocenters. The molecule has 0 aliphatic heterocycles. The third-order valence-electron chi connectivity index (χ3n) is 4.40. The van der Waals surface area contributed by atoms with Crippen LogP contribution < -0.4 is 5.32 Å². The van der Waals surface area contributed by atoms with Crippen LogP contribution in [0, 0.1) is 18.3 Å². The summed E-state index contributed by atoms with van der Waals surface area (Å²) in [6.45, 7) is 1.93. The Morgan fingerprint density at radius 1 is 1.35 bits per heavy atom. The minimum atomic E-state index is -0.714. The van der Waals surface area contributed by atoms with Gasteiger partial charge in [-0.3, -0.25) is 4.79 Å². The third kappa shape index (κ3) is 3.09. The van der Waals surface area contributed by atoms with Gasteiger partial charge in [0.2, 0.25) is 0 Å². The molecule has 1 aromatic heterocycles. The lowest BCUT2D eigenvalue weighted by molar-refractivity contribution is 0.0902. The summed E-state index contributed by atoms with van der Waals surface area (Å²) >= 11 is 0. The molecule has 1 heterocycles. The Morgan fingerprint density at radius 3 is 2.74 bits per heavy atom. The SMILES string of the molecule is Cc1cc(C(=O)NC2(C#N)CCCCC2)ccc1-n1cncn1. The third-order valence-corrected chi connectivity index (χ3v) is 4.40. The van der Waals surface area contributed by atoms with E-state index in [-0.39, 0.29) is 5.91 Å². The predicted octanol–water partition coefficient (Wildman–Crippen LogP) is 2.53. The molecular formula is C17H19N5O. The lowest BCUT2D eigenvalue weighted by Gasteiger charge is -2.31. The Bertz CT molecular complexity index is 739. The second-order valence-electron chi connectivity index (χ2n) is 6.05. The highest BCUT2D eigenvalue weighted by Gasteiger charge is 2.33. The van der Waals surface area contributed by atoms with Crippen LogP contribution in [0.15, 0.2) is 30.9 Å². The molecular weight excluding hydrogens is 290 g/mol. The van der Waals surface area contributed by atoms with Gasteiger partial charge in [0.25, 0.3) is 5.91 Å². The fourth-order valence-corrected chi connectivity index (χ4v) is 3.10. The first-order valence-corrected chi connectivity index (χ1v) is 7.83. The maximum absolute atomic E-state index is 12.5. The molecule has 0 radical (unpaired) electrons. The first kappa shape index (κ1) is 15.2. The van der Waals surface area contributed by atoms with E-state index in [1.54, 1.807) is 17.1 Å². The number of amides is 1. The largest absolute Gasteiger partial charge is 0.334 e. The van der Waals surface area contributed by atoms with Gasteiger partial charge in [-0.2, -0.15) is 10.4 Å². The molecule has 0 unspecified atom stereocenters. The van der Waals surface area contributed by atoms with Crippen molar-refractivity contribution in [3.05, 3.63) is 42.0 Å². The number of aromatic nitrogens is 3. The Labute approximate surface area is 135 Å². The zero-order chi connectivity index (χ0) is 16.3. The molecule has 118 valence electrons. The molecule has 2 aromatic rings. The topological polar surface area (TPSA) is 83.6 Å². The standard InChI is InChI=1S/C17H19N5O/c1-13-9-14(5-6-15(13)22-12-19-11-20-22)16(23)21-17(10-18)7-3-2-4-8-17/h5-6,9,11-12H,2-4,7-8H2,1H3,(H,21,23). The van der Waals surface area contributed by atoms with Gasteiger partial charge in [-0.15, -0.1) is 0 Å². The predicted molar refractivity (Wildman–Crippen MR) is 85.0 cm³/mol. The van der Waals surface area contributed by atoms with Crippen molar-refractivity contribution in [3.8, 4) is 11.8 Å². The first-order valence-electron chi connectivity index (χ1n) is 7.83. The Balaban J connectivity index is 1.80. The van der Waals surface area contributed by atoms with E-state index in [1.165, 1.54) is 6.33 Å². The summed E-state index contributed by atoms with van der Waals surface area (Å²) < 4.78 is 1.66. The van der Waals surface area contributed by atoms with Gasteiger partial charge in [-0.05, 0) is 43.5 Å². The minimum absolute atomic E-state index is 0.193. The normalized spacial score (nSPS) is 16.5. The quantitative estimate of drug-likeness (QED) is 0.944. The van der Waals surface area contributed by atoms with Crippen LogP contribution in [0.2, 0.25) is 0 Å². The summed E-state index contributed by atoms with van der Waals surface area (Å²) in [5, 5.41) is 16.5. The second kappa shape index (κ2) is 6.21. The fourth-order valence-electron chi connectivity index (χ4n) is 3.10. The molecule has 1 amide bonds. The summed E-state index contributed by atoms with van der Waals surface area (Å²) in [6.07, 6.45) is 7.65. The molecule has 1 fully saturated rings. The summed E-state index contributed by atoms with van der Waals surface area (Å²) in [7, 11) is 0. The molecule has 1 aliphatic carbocycles. The van der Waals surface area contributed by atoms with Gasteiger partial charge < -0.3 is 5.32 Å². The van der Waals surface area contributed by atoms with Crippen molar-refractivity contribution >= 4 is 5.91 Å². The van der Waals surface area contributed by atoms with E-state index in [4.69, 9.17) is 0 Å². The molecule has 0 spiro atoms. The number of hydrogen-bond donors (Lipinski definition) is 1. The molecule has 0 saturated heterocycles. The molecule has 3 rings (SSSR count). The lowest BCUT2D eigenvalue weighted by Crippen LogP contribution is -2.48. The van der Waals surface area contributed by atoms with Gasteiger partial charge in [-0.25, -0.2) is 9.67 Å². The van der Waals surface area contributed by atoms with Gasteiger partial charge in [0, 0.05) is 5.56 Å². The van der Waals surface area contributed by atoms with E-state index in [1.807, 2.05) is 19.1 Å². The highest BCUT2D eigenvalue weighted by atomic mass is 16.1. The average molecular weight is 309 g/mol. The summed E-state index contributed by atoms with van der Waals surface area (Å²) in [4.78, 5) is 16.5. The van der Waals surface area contributed by atoms with Crippen LogP contribution in [-0.4, -0.2) is 26.2 Å². The van der Waals surface area contributed by atoms with Crippen molar-refractivity contribution in [1.29, 1.82) is 5.26 Å². The summed E-state index contributed by atoms with van der Waals surface area (Å²) in [5.41, 5.74) is 1.66. The molecule has 0 bridgehead atoms. The zero-order valence-corrected chi connectivity index (χ0v) is 13.1. The van der Waals surface area contributed by atoms with Crippen molar-refractivity contribution in [1.82, 2.24) is 20.1 Å². The molecule has 6 nitrogen and oxygen atoms in total. The number of nitriles is 1. The maximum Gasteiger partial charge on any atom is 0.252 e. The number of nitrogens with zero attached hydrogens (tertiary/aromatic N) is 4. The van der Waals surface area contributed by atoms with Crippen molar-refractivity contribution in [2.45, 2.75) is 44.6 Å². The first-order chi connectivity index (χ1) is 11.1. The van der Waals surface area contributed by atoms with Crippen molar-refractivity contribution in [2.24, 2.45) is 0 Å². The van der Waals surface area contributed by atoms with Crippen molar-refractivity contribution in [3.63, 3.8) is 0 Å². The zero-order valence-electron chi connectivity index (χ0n) is 13.1. The van der Waals surface area contributed by atoms with E-state index in [9.17, 15) is 10.1 Å². The highest BCUT2D eigenvalue weighted by molar-refractivity contribution is 5.95.